The first-order valence-electron chi connectivity index (χ1n) is 8.06. The second-order valence-corrected chi connectivity index (χ2v) is 5.96. The number of piperazine rings is 1. The van der Waals surface area contributed by atoms with Crippen molar-refractivity contribution in [3.63, 3.8) is 0 Å². The van der Waals surface area contributed by atoms with E-state index in [-0.39, 0.29) is 11.8 Å². The van der Waals surface area contributed by atoms with Crippen LogP contribution in [0.1, 0.15) is 5.56 Å². The smallest absolute Gasteiger partial charge is 0.368 e. The van der Waals surface area contributed by atoms with Crippen molar-refractivity contribution < 1.29 is 22.4 Å². The van der Waals surface area contributed by atoms with Crippen LogP contribution in [0.5, 0.6) is 0 Å². The van der Waals surface area contributed by atoms with Crippen molar-refractivity contribution >= 4 is 17.4 Å². The van der Waals surface area contributed by atoms with Crippen LogP contribution < -0.4 is 10.2 Å². The van der Waals surface area contributed by atoms with Gasteiger partial charge < -0.3 is 15.1 Å². The van der Waals surface area contributed by atoms with E-state index in [0.717, 1.165) is 17.8 Å². The first-order valence-corrected chi connectivity index (χ1v) is 8.06. The van der Waals surface area contributed by atoms with Gasteiger partial charge in [-0.1, -0.05) is 6.07 Å². The van der Waals surface area contributed by atoms with Crippen molar-refractivity contribution in [2.24, 2.45) is 0 Å². The highest BCUT2D eigenvalue weighted by Crippen LogP contribution is 2.29. The second kappa shape index (κ2) is 7.23. The summed E-state index contributed by atoms with van der Waals surface area (Å²) in [5, 5.41) is 2.60. The number of carbonyl (C=O) groups is 1. The standard InChI is InChI=1S/C18H17F4N3O/c19-14-2-1-3-16(12-14)24-8-10-25(11-9-24)17(26)23-15-6-4-13(5-7-15)18(20,21)22/h1-7,12H,8-11H2,(H,23,26). The van der Waals surface area contributed by atoms with Crippen LogP contribution in [0.3, 0.4) is 0 Å². The Hall–Kier alpha value is -2.77. The lowest BCUT2D eigenvalue weighted by atomic mass is 10.2. The van der Waals surface area contributed by atoms with E-state index in [0.29, 0.717) is 31.9 Å². The zero-order chi connectivity index (χ0) is 18.7. The maximum Gasteiger partial charge on any atom is 0.416 e. The Morgan fingerprint density at radius 2 is 1.62 bits per heavy atom. The number of halogens is 4. The summed E-state index contributed by atoms with van der Waals surface area (Å²) in [6.45, 7) is 1.96. The molecule has 0 aliphatic carbocycles. The average molecular weight is 367 g/mol. The Bertz CT molecular complexity index is 769. The molecule has 0 saturated carbocycles. The molecule has 1 fully saturated rings. The quantitative estimate of drug-likeness (QED) is 0.808. The van der Waals surface area contributed by atoms with E-state index >= 15 is 0 Å². The van der Waals surface area contributed by atoms with Crippen molar-refractivity contribution in [3.8, 4) is 0 Å². The molecule has 26 heavy (non-hydrogen) atoms. The van der Waals surface area contributed by atoms with Crippen molar-refractivity contribution in [2.45, 2.75) is 6.18 Å². The highest BCUT2D eigenvalue weighted by Gasteiger charge is 2.30. The maximum atomic E-state index is 13.3. The fourth-order valence-corrected chi connectivity index (χ4v) is 2.79. The van der Waals surface area contributed by atoms with Crippen LogP contribution in [0.4, 0.5) is 33.7 Å². The zero-order valence-corrected chi connectivity index (χ0v) is 13.8. The van der Waals surface area contributed by atoms with E-state index in [2.05, 4.69) is 5.32 Å². The lowest BCUT2D eigenvalue weighted by Gasteiger charge is -2.36. The largest absolute Gasteiger partial charge is 0.416 e. The van der Waals surface area contributed by atoms with Crippen molar-refractivity contribution in [1.82, 2.24) is 4.90 Å². The number of hydrogen-bond donors (Lipinski definition) is 1. The molecule has 0 aromatic heterocycles. The molecular weight excluding hydrogens is 350 g/mol. The molecule has 0 bridgehead atoms. The molecule has 2 amide bonds. The number of benzene rings is 2. The maximum absolute atomic E-state index is 13.3. The van der Waals surface area contributed by atoms with Gasteiger partial charge in [-0.2, -0.15) is 13.2 Å². The molecule has 1 N–H and O–H groups in total. The summed E-state index contributed by atoms with van der Waals surface area (Å²) in [5.41, 5.74) is 0.294. The summed E-state index contributed by atoms with van der Waals surface area (Å²) in [4.78, 5) is 15.8. The van der Waals surface area contributed by atoms with Crippen LogP contribution in [-0.4, -0.2) is 37.1 Å². The first-order chi connectivity index (χ1) is 12.3. The van der Waals surface area contributed by atoms with Gasteiger partial charge in [0.15, 0.2) is 0 Å². The highest BCUT2D eigenvalue weighted by atomic mass is 19.4. The van der Waals surface area contributed by atoms with Gasteiger partial charge in [-0.25, -0.2) is 9.18 Å². The Morgan fingerprint density at radius 3 is 2.19 bits per heavy atom. The molecule has 0 radical (unpaired) electrons. The predicted octanol–water partition coefficient (Wildman–Crippen LogP) is 4.20. The highest BCUT2D eigenvalue weighted by molar-refractivity contribution is 5.89. The number of hydrogen-bond acceptors (Lipinski definition) is 2. The Labute approximate surface area is 148 Å². The van der Waals surface area contributed by atoms with Gasteiger partial charge in [0.25, 0.3) is 0 Å². The molecule has 0 unspecified atom stereocenters. The van der Waals surface area contributed by atoms with Gasteiger partial charge >= 0.3 is 12.2 Å². The van der Waals surface area contributed by atoms with Gasteiger partial charge in [0.2, 0.25) is 0 Å². The fraction of sp³-hybridized carbons (Fsp3) is 0.278. The second-order valence-electron chi connectivity index (χ2n) is 5.96. The van der Waals surface area contributed by atoms with Gasteiger partial charge in [-0.3, -0.25) is 0 Å². The number of nitrogens with zero attached hydrogens (tertiary/aromatic N) is 2. The first kappa shape index (κ1) is 18.0. The summed E-state index contributed by atoms with van der Waals surface area (Å²) in [7, 11) is 0. The third-order valence-corrected chi connectivity index (χ3v) is 4.20. The van der Waals surface area contributed by atoms with Crippen LogP contribution in [0, 0.1) is 5.82 Å². The summed E-state index contributed by atoms with van der Waals surface area (Å²) >= 11 is 0. The van der Waals surface area contributed by atoms with Crippen LogP contribution in [-0.2, 0) is 6.18 Å². The predicted molar refractivity (Wildman–Crippen MR) is 90.6 cm³/mol. The molecule has 1 aliphatic heterocycles. The monoisotopic (exact) mass is 367 g/mol. The van der Waals surface area contributed by atoms with Crippen LogP contribution in [0.25, 0.3) is 0 Å². The molecule has 2 aromatic rings. The molecule has 2 aromatic carbocycles. The summed E-state index contributed by atoms with van der Waals surface area (Å²) < 4.78 is 51.0. The number of urea groups is 1. The minimum Gasteiger partial charge on any atom is -0.368 e. The molecule has 1 saturated heterocycles. The van der Waals surface area contributed by atoms with Crippen LogP contribution in [0.2, 0.25) is 0 Å². The SMILES string of the molecule is O=C(Nc1ccc(C(F)(F)F)cc1)N1CCN(c2cccc(F)c2)CC1. The topological polar surface area (TPSA) is 35.6 Å². The van der Waals surface area contributed by atoms with E-state index in [1.807, 2.05) is 4.90 Å². The van der Waals surface area contributed by atoms with E-state index in [1.165, 1.54) is 24.3 Å². The minimum absolute atomic E-state index is 0.301. The van der Waals surface area contributed by atoms with Crippen LogP contribution in [0.15, 0.2) is 48.5 Å². The number of nitrogens with one attached hydrogen (secondary N) is 1. The molecule has 0 atom stereocenters. The molecule has 138 valence electrons. The van der Waals surface area contributed by atoms with Gasteiger partial charge in [-0.05, 0) is 42.5 Å². The number of rotatable bonds is 2. The van der Waals surface area contributed by atoms with Gasteiger partial charge in [0.1, 0.15) is 5.82 Å². The molecule has 8 heteroatoms. The van der Waals surface area contributed by atoms with E-state index < -0.39 is 11.7 Å². The average Bonchev–Trinajstić information content (AvgIpc) is 2.61. The van der Waals surface area contributed by atoms with Crippen molar-refractivity contribution in [2.75, 3.05) is 36.4 Å². The molecule has 0 spiro atoms. The van der Waals surface area contributed by atoms with E-state index in [4.69, 9.17) is 0 Å². The molecule has 1 heterocycles. The van der Waals surface area contributed by atoms with E-state index in [9.17, 15) is 22.4 Å². The number of anilines is 2. The third-order valence-electron chi connectivity index (χ3n) is 4.20. The van der Waals surface area contributed by atoms with Crippen molar-refractivity contribution in [3.05, 3.63) is 59.9 Å². The summed E-state index contributed by atoms with van der Waals surface area (Å²) in [6.07, 6.45) is -4.41. The number of carbonyl (C=O) groups excluding carboxylic acids is 1. The Kier molecular flexibility index (Phi) is 5.01. The fourth-order valence-electron chi connectivity index (χ4n) is 2.79. The molecule has 3 rings (SSSR count). The third kappa shape index (κ3) is 4.25. The molecular formula is C18H17F4N3O. The molecule has 4 nitrogen and oxygen atoms in total. The number of alkyl halides is 3. The number of amides is 2. The van der Waals surface area contributed by atoms with Gasteiger partial charge in [0.05, 0.1) is 5.56 Å². The van der Waals surface area contributed by atoms with Crippen molar-refractivity contribution in [1.29, 1.82) is 0 Å². The molecule has 1 aliphatic rings. The zero-order valence-electron chi connectivity index (χ0n) is 13.8. The Balaban J connectivity index is 1.55. The van der Waals surface area contributed by atoms with Crippen LogP contribution >= 0.6 is 0 Å². The minimum atomic E-state index is -4.41. The lowest BCUT2D eigenvalue weighted by molar-refractivity contribution is -0.137. The Morgan fingerprint density at radius 1 is 0.962 bits per heavy atom. The normalized spacial score (nSPS) is 15.1. The van der Waals surface area contributed by atoms with Gasteiger partial charge in [-0.15, -0.1) is 0 Å². The summed E-state index contributed by atoms with van der Waals surface area (Å²) in [5.74, 6) is -0.315. The van der Waals surface area contributed by atoms with E-state index in [1.54, 1.807) is 17.0 Å². The van der Waals surface area contributed by atoms with Gasteiger partial charge in [0, 0.05) is 37.6 Å². The summed E-state index contributed by atoms with van der Waals surface area (Å²) in [6, 6.07) is 10.2. The lowest BCUT2D eigenvalue weighted by Crippen LogP contribution is -2.50.